The fourth-order valence-electron chi connectivity index (χ4n) is 2.13. The third kappa shape index (κ3) is 3.50. The lowest BCUT2D eigenvalue weighted by atomic mass is 10.1. The Morgan fingerprint density at radius 1 is 1.53 bits per heavy atom. The van der Waals surface area contributed by atoms with Gasteiger partial charge < -0.3 is 15.6 Å². The summed E-state index contributed by atoms with van der Waals surface area (Å²) in [4.78, 5) is 13.1. The van der Waals surface area contributed by atoms with E-state index in [0.717, 1.165) is 0 Å². The van der Waals surface area contributed by atoms with Gasteiger partial charge in [0.1, 0.15) is 11.9 Å². The van der Waals surface area contributed by atoms with Crippen molar-refractivity contribution < 1.29 is 19.0 Å². The van der Waals surface area contributed by atoms with Crippen LogP contribution in [0.15, 0.2) is 24.3 Å². The number of amides is 1. The van der Waals surface area contributed by atoms with Crippen LogP contribution in [0.5, 0.6) is 0 Å². The van der Waals surface area contributed by atoms with Crippen molar-refractivity contribution >= 4 is 5.91 Å². The van der Waals surface area contributed by atoms with Crippen molar-refractivity contribution in [2.75, 3.05) is 26.3 Å². The number of primary amides is 1. The quantitative estimate of drug-likeness (QED) is 0.808. The molecule has 0 saturated carbocycles. The van der Waals surface area contributed by atoms with E-state index in [-0.39, 0.29) is 19.0 Å². The summed E-state index contributed by atoms with van der Waals surface area (Å²) in [5.41, 5.74) is 5.91. The van der Waals surface area contributed by atoms with Gasteiger partial charge in [-0.3, -0.25) is 9.69 Å². The second kappa shape index (κ2) is 6.10. The average molecular weight is 268 g/mol. The zero-order valence-electron chi connectivity index (χ0n) is 10.5. The zero-order chi connectivity index (χ0) is 13.8. The predicted octanol–water partition coefficient (Wildman–Crippen LogP) is 0.0452. The van der Waals surface area contributed by atoms with E-state index >= 15 is 0 Å². The number of rotatable bonds is 4. The molecule has 0 spiro atoms. The molecule has 1 amide bonds. The van der Waals surface area contributed by atoms with Crippen LogP contribution in [0.25, 0.3) is 0 Å². The lowest BCUT2D eigenvalue weighted by molar-refractivity contribution is -0.130. The highest BCUT2D eigenvalue weighted by Crippen LogP contribution is 2.17. The van der Waals surface area contributed by atoms with E-state index in [2.05, 4.69) is 0 Å². The molecule has 1 aliphatic heterocycles. The number of aliphatic hydroxyl groups is 1. The molecule has 0 radical (unpaired) electrons. The van der Waals surface area contributed by atoms with E-state index in [4.69, 9.17) is 10.5 Å². The molecule has 2 atom stereocenters. The van der Waals surface area contributed by atoms with Gasteiger partial charge in [0.05, 0.1) is 19.3 Å². The number of hydrogen-bond acceptors (Lipinski definition) is 4. The first-order valence-electron chi connectivity index (χ1n) is 6.12. The van der Waals surface area contributed by atoms with Crippen LogP contribution in [0, 0.1) is 5.82 Å². The van der Waals surface area contributed by atoms with Crippen molar-refractivity contribution in [1.82, 2.24) is 4.90 Å². The number of carbonyl (C=O) groups is 1. The molecule has 1 aromatic carbocycles. The van der Waals surface area contributed by atoms with E-state index in [1.165, 1.54) is 24.3 Å². The maximum atomic E-state index is 12.8. The van der Waals surface area contributed by atoms with Gasteiger partial charge in [0.25, 0.3) is 0 Å². The van der Waals surface area contributed by atoms with Gasteiger partial charge in [0, 0.05) is 13.1 Å². The minimum atomic E-state index is -0.791. The fraction of sp³-hybridized carbons (Fsp3) is 0.462. The second-order valence-electron chi connectivity index (χ2n) is 4.56. The highest BCUT2D eigenvalue weighted by Gasteiger charge is 2.29. The molecular formula is C13H17FN2O3. The Morgan fingerprint density at radius 3 is 2.84 bits per heavy atom. The second-order valence-corrected chi connectivity index (χ2v) is 4.56. The Hall–Kier alpha value is -1.50. The number of benzene rings is 1. The molecule has 19 heavy (non-hydrogen) atoms. The summed E-state index contributed by atoms with van der Waals surface area (Å²) in [6.07, 6.45) is -0.791. The molecule has 2 unspecified atom stereocenters. The number of carbonyl (C=O) groups excluding carboxylic acids is 1. The van der Waals surface area contributed by atoms with Gasteiger partial charge in [-0.25, -0.2) is 4.39 Å². The van der Waals surface area contributed by atoms with Crippen LogP contribution in [0.3, 0.4) is 0 Å². The van der Waals surface area contributed by atoms with Gasteiger partial charge in [-0.1, -0.05) is 12.1 Å². The molecular weight excluding hydrogens is 251 g/mol. The van der Waals surface area contributed by atoms with E-state index in [1.807, 2.05) is 0 Å². The number of nitrogens with zero attached hydrogens (tertiary/aromatic N) is 1. The summed E-state index contributed by atoms with van der Waals surface area (Å²) in [5, 5.41) is 10.1. The van der Waals surface area contributed by atoms with Crippen LogP contribution < -0.4 is 5.73 Å². The molecule has 6 heteroatoms. The first kappa shape index (κ1) is 13.9. The number of hydrogen-bond donors (Lipinski definition) is 2. The van der Waals surface area contributed by atoms with Crippen molar-refractivity contribution in [3.8, 4) is 0 Å². The zero-order valence-corrected chi connectivity index (χ0v) is 10.5. The molecule has 5 nitrogen and oxygen atoms in total. The van der Waals surface area contributed by atoms with Crippen molar-refractivity contribution in [3.05, 3.63) is 35.6 Å². The van der Waals surface area contributed by atoms with Crippen molar-refractivity contribution in [3.63, 3.8) is 0 Å². The minimum absolute atomic E-state index is 0.242. The maximum absolute atomic E-state index is 12.8. The van der Waals surface area contributed by atoms with Gasteiger partial charge >= 0.3 is 0 Å². The van der Waals surface area contributed by atoms with Gasteiger partial charge in [-0.05, 0) is 17.7 Å². The monoisotopic (exact) mass is 268 g/mol. The fourth-order valence-corrected chi connectivity index (χ4v) is 2.13. The lowest BCUT2D eigenvalue weighted by Crippen LogP contribution is -2.53. The number of ether oxygens (including phenoxy) is 1. The summed E-state index contributed by atoms with van der Waals surface area (Å²) in [7, 11) is 0. The molecule has 1 aliphatic rings. The molecule has 104 valence electrons. The Morgan fingerprint density at radius 2 is 2.21 bits per heavy atom. The summed E-state index contributed by atoms with van der Waals surface area (Å²) in [5.74, 6) is -0.816. The Bertz CT molecular complexity index is 438. The molecule has 1 aromatic rings. The summed E-state index contributed by atoms with van der Waals surface area (Å²) < 4.78 is 18.0. The van der Waals surface area contributed by atoms with Crippen LogP contribution in [-0.2, 0) is 9.53 Å². The largest absolute Gasteiger partial charge is 0.387 e. The number of nitrogens with two attached hydrogens (primary N) is 1. The third-order valence-electron chi connectivity index (χ3n) is 3.23. The van der Waals surface area contributed by atoms with Crippen LogP contribution in [-0.4, -0.2) is 48.3 Å². The van der Waals surface area contributed by atoms with Gasteiger partial charge in [0.15, 0.2) is 0 Å². The highest BCUT2D eigenvalue weighted by molar-refractivity contribution is 5.80. The lowest BCUT2D eigenvalue weighted by Gasteiger charge is -2.34. The Labute approximate surface area is 110 Å². The molecule has 2 rings (SSSR count). The molecule has 0 bridgehead atoms. The molecule has 1 saturated heterocycles. The number of aliphatic hydroxyl groups excluding tert-OH is 1. The van der Waals surface area contributed by atoms with E-state index < -0.39 is 18.1 Å². The van der Waals surface area contributed by atoms with Crippen LogP contribution in [0.1, 0.15) is 11.7 Å². The SMILES string of the molecule is NC(=O)C1COCCN1CC(O)c1ccc(F)cc1. The van der Waals surface area contributed by atoms with Crippen LogP contribution in [0.2, 0.25) is 0 Å². The van der Waals surface area contributed by atoms with Crippen LogP contribution in [0.4, 0.5) is 4.39 Å². The van der Waals surface area contributed by atoms with E-state index in [1.54, 1.807) is 4.90 Å². The van der Waals surface area contributed by atoms with Crippen molar-refractivity contribution in [1.29, 1.82) is 0 Å². The Balaban J connectivity index is 2.02. The molecule has 3 N–H and O–H groups in total. The topological polar surface area (TPSA) is 75.8 Å². The predicted molar refractivity (Wildman–Crippen MR) is 66.7 cm³/mol. The van der Waals surface area contributed by atoms with Gasteiger partial charge in [-0.2, -0.15) is 0 Å². The standard InChI is InChI=1S/C13H17FN2O3/c14-10-3-1-9(2-4-10)12(17)7-16-5-6-19-8-11(16)13(15)18/h1-4,11-12,17H,5-8H2,(H2,15,18). The molecule has 1 fully saturated rings. The van der Waals surface area contributed by atoms with Gasteiger partial charge in [0.2, 0.25) is 5.91 Å². The number of halogens is 1. The van der Waals surface area contributed by atoms with Crippen molar-refractivity contribution in [2.45, 2.75) is 12.1 Å². The summed E-state index contributed by atoms with van der Waals surface area (Å²) >= 11 is 0. The summed E-state index contributed by atoms with van der Waals surface area (Å²) in [6, 6.07) is 5.12. The van der Waals surface area contributed by atoms with E-state index in [9.17, 15) is 14.3 Å². The van der Waals surface area contributed by atoms with Crippen LogP contribution >= 0.6 is 0 Å². The molecule has 1 heterocycles. The smallest absolute Gasteiger partial charge is 0.237 e. The number of morpholine rings is 1. The van der Waals surface area contributed by atoms with E-state index in [0.29, 0.717) is 18.7 Å². The highest BCUT2D eigenvalue weighted by atomic mass is 19.1. The third-order valence-corrected chi connectivity index (χ3v) is 3.23. The minimum Gasteiger partial charge on any atom is -0.387 e. The maximum Gasteiger partial charge on any atom is 0.237 e. The first-order valence-corrected chi connectivity index (χ1v) is 6.12. The van der Waals surface area contributed by atoms with Gasteiger partial charge in [-0.15, -0.1) is 0 Å². The normalized spacial score (nSPS) is 22.1. The molecule has 0 aliphatic carbocycles. The summed E-state index contributed by atoms with van der Waals surface area (Å²) in [6.45, 7) is 1.54. The average Bonchev–Trinajstić information content (AvgIpc) is 2.39. The number of β-amino-alcohol motifs (C(OH)–C–C–N with tert-alkyl or cyclic N) is 1. The first-order chi connectivity index (χ1) is 9.08. The van der Waals surface area contributed by atoms with Crippen molar-refractivity contribution in [2.24, 2.45) is 5.73 Å². The molecule has 0 aromatic heterocycles. The Kier molecular flexibility index (Phi) is 4.47.